The Hall–Kier alpha value is -1.83. The molecule has 0 saturated heterocycles. The van der Waals surface area contributed by atoms with Crippen LogP contribution in [-0.4, -0.2) is 27.1 Å². The lowest BCUT2D eigenvalue weighted by Gasteiger charge is -2.11. The average molecular weight is 409 g/mol. The summed E-state index contributed by atoms with van der Waals surface area (Å²) in [5, 5.41) is 1.11. The fraction of sp³-hybridized carbons (Fsp3) is 0.176. The number of methoxy groups -OCH3 is 1. The molecule has 0 spiro atoms. The normalized spacial score (nSPS) is 11.8. The summed E-state index contributed by atoms with van der Waals surface area (Å²) in [4.78, 5) is 3.31. The maximum absolute atomic E-state index is 12.5. The molecule has 2 N–H and O–H groups in total. The summed E-state index contributed by atoms with van der Waals surface area (Å²) in [6.07, 6.45) is 2.51. The number of sulfonamides is 1. The van der Waals surface area contributed by atoms with Crippen LogP contribution in [0.1, 0.15) is 5.56 Å². The standard InChI is InChI=1S/C17H17BrN2O3S/c1-23-16-7-6-13(18)10-17(16)24(21,22)20-9-8-12-11-19-15-5-3-2-4-14(12)15/h2-7,10-11,19-20H,8-9H2,1H3. The van der Waals surface area contributed by atoms with E-state index in [1.807, 2.05) is 30.5 Å². The largest absolute Gasteiger partial charge is 0.495 e. The van der Waals surface area contributed by atoms with E-state index in [4.69, 9.17) is 4.74 Å². The fourth-order valence-electron chi connectivity index (χ4n) is 2.60. The molecule has 2 aromatic carbocycles. The quantitative estimate of drug-likeness (QED) is 0.655. The van der Waals surface area contributed by atoms with Crippen molar-refractivity contribution in [2.24, 2.45) is 0 Å². The van der Waals surface area contributed by atoms with Gasteiger partial charge in [0.15, 0.2) is 0 Å². The molecule has 0 fully saturated rings. The highest BCUT2D eigenvalue weighted by Crippen LogP contribution is 2.27. The zero-order valence-corrected chi connectivity index (χ0v) is 15.4. The second-order valence-electron chi connectivity index (χ2n) is 5.30. The van der Waals surface area contributed by atoms with Gasteiger partial charge in [0.1, 0.15) is 10.6 Å². The number of para-hydroxylation sites is 1. The molecule has 1 aromatic heterocycles. The summed E-state index contributed by atoms with van der Waals surface area (Å²) in [7, 11) is -2.19. The van der Waals surface area contributed by atoms with Gasteiger partial charge in [0.25, 0.3) is 0 Å². The van der Waals surface area contributed by atoms with Crippen molar-refractivity contribution in [1.82, 2.24) is 9.71 Å². The first kappa shape index (κ1) is 17.0. The third-order valence-electron chi connectivity index (χ3n) is 3.78. The first-order valence-electron chi connectivity index (χ1n) is 7.39. The van der Waals surface area contributed by atoms with Crippen molar-refractivity contribution in [3.63, 3.8) is 0 Å². The summed E-state index contributed by atoms with van der Waals surface area (Å²) in [6, 6.07) is 12.8. The lowest BCUT2D eigenvalue weighted by Crippen LogP contribution is -2.26. The van der Waals surface area contributed by atoms with E-state index in [0.717, 1.165) is 16.5 Å². The van der Waals surface area contributed by atoms with Gasteiger partial charge in [0, 0.05) is 28.1 Å². The summed E-state index contributed by atoms with van der Waals surface area (Å²) in [5.74, 6) is 0.317. The third-order valence-corrected chi connectivity index (χ3v) is 5.75. The Balaban J connectivity index is 1.75. The maximum Gasteiger partial charge on any atom is 0.244 e. The van der Waals surface area contributed by atoms with E-state index in [1.54, 1.807) is 12.1 Å². The molecule has 1 heterocycles. The Kier molecular flexibility index (Phi) is 4.93. The average Bonchev–Trinajstić information content (AvgIpc) is 2.98. The predicted molar refractivity (Wildman–Crippen MR) is 97.9 cm³/mol. The molecule has 126 valence electrons. The van der Waals surface area contributed by atoms with Crippen molar-refractivity contribution in [2.75, 3.05) is 13.7 Å². The SMILES string of the molecule is COc1ccc(Br)cc1S(=O)(=O)NCCc1c[nH]c2ccccc12. The fourth-order valence-corrected chi connectivity index (χ4v) is 4.33. The number of aromatic nitrogens is 1. The number of halogens is 1. The van der Waals surface area contributed by atoms with Crippen LogP contribution in [0.5, 0.6) is 5.75 Å². The molecule has 5 nitrogen and oxygen atoms in total. The van der Waals surface area contributed by atoms with Gasteiger partial charge in [0.05, 0.1) is 7.11 Å². The van der Waals surface area contributed by atoms with Crippen LogP contribution in [0.25, 0.3) is 10.9 Å². The van der Waals surface area contributed by atoms with Gasteiger partial charge in [-0.05, 0) is 36.2 Å². The number of benzene rings is 2. The van der Waals surface area contributed by atoms with Gasteiger partial charge in [-0.25, -0.2) is 13.1 Å². The molecular formula is C17H17BrN2O3S. The number of hydrogen-bond acceptors (Lipinski definition) is 3. The van der Waals surface area contributed by atoms with E-state index in [-0.39, 0.29) is 4.90 Å². The van der Waals surface area contributed by atoms with E-state index < -0.39 is 10.0 Å². The van der Waals surface area contributed by atoms with Crippen molar-refractivity contribution in [3.05, 3.63) is 58.7 Å². The second-order valence-corrected chi connectivity index (χ2v) is 7.95. The number of ether oxygens (including phenoxy) is 1. The minimum atomic E-state index is -3.65. The molecule has 0 unspecified atom stereocenters. The van der Waals surface area contributed by atoms with Crippen LogP contribution in [0.3, 0.4) is 0 Å². The molecule has 24 heavy (non-hydrogen) atoms. The zero-order valence-electron chi connectivity index (χ0n) is 13.0. The van der Waals surface area contributed by atoms with Crippen LogP contribution in [0.4, 0.5) is 0 Å². The Labute approximate surface area is 149 Å². The van der Waals surface area contributed by atoms with Crippen LogP contribution in [-0.2, 0) is 16.4 Å². The Morgan fingerprint density at radius 3 is 2.79 bits per heavy atom. The Bertz CT molecular complexity index is 967. The highest BCUT2D eigenvalue weighted by Gasteiger charge is 2.19. The second kappa shape index (κ2) is 6.96. The number of fused-ring (bicyclic) bond motifs is 1. The first-order chi connectivity index (χ1) is 11.5. The van der Waals surface area contributed by atoms with Gasteiger partial charge in [0.2, 0.25) is 10.0 Å². The van der Waals surface area contributed by atoms with E-state index in [2.05, 4.69) is 25.6 Å². The highest BCUT2D eigenvalue weighted by atomic mass is 79.9. The Morgan fingerprint density at radius 2 is 2.00 bits per heavy atom. The van der Waals surface area contributed by atoms with Gasteiger partial charge in [-0.3, -0.25) is 0 Å². The van der Waals surface area contributed by atoms with Crippen LogP contribution in [0.15, 0.2) is 58.0 Å². The minimum Gasteiger partial charge on any atom is -0.495 e. The first-order valence-corrected chi connectivity index (χ1v) is 9.67. The van der Waals surface area contributed by atoms with Crippen molar-refractivity contribution >= 4 is 36.9 Å². The third kappa shape index (κ3) is 3.48. The molecule has 0 aliphatic rings. The van der Waals surface area contributed by atoms with Crippen LogP contribution < -0.4 is 9.46 Å². The predicted octanol–water partition coefficient (Wildman–Crippen LogP) is 3.46. The molecule has 0 aliphatic carbocycles. The molecule has 3 rings (SSSR count). The summed E-state index contributed by atoms with van der Waals surface area (Å²) in [6.45, 7) is 0.305. The number of nitrogens with one attached hydrogen (secondary N) is 2. The van der Waals surface area contributed by atoms with E-state index in [0.29, 0.717) is 23.2 Å². The van der Waals surface area contributed by atoms with Gasteiger partial charge < -0.3 is 9.72 Å². The molecule has 0 bridgehead atoms. The monoisotopic (exact) mass is 408 g/mol. The smallest absolute Gasteiger partial charge is 0.244 e. The van der Waals surface area contributed by atoms with Gasteiger partial charge in [-0.2, -0.15) is 0 Å². The molecule has 0 radical (unpaired) electrons. The number of H-pyrrole nitrogens is 1. The molecule has 0 saturated carbocycles. The number of rotatable bonds is 6. The number of aromatic amines is 1. The molecule has 7 heteroatoms. The van der Waals surface area contributed by atoms with Crippen molar-refractivity contribution in [2.45, 2.75) is 11.3 Å². The van der Waals surface area contributed by atoms with Gasteiger partial charge in [-0.1, -0.05) is 34.1 Å². The Morgan fingerprint density at radius 1 is 1.21 bits per heavy atom. The van der Waals surface area contributed by atoms with Crippen molar-refractivity contribution in [1.29, 1.82) is 0 Å². The minimum absolute atomic E-state index is 0.123. The van der Waals surface area contributed by atoms with E-state index in [1.165, 1.54) is 13.2 Å². The molecule has 0 aliphatic heterocycles. The van der Waals surface area contributed by atoms with E-state index >= 15 is 0 Å². The lowest BCUT2D eigenvalue weighted by molar-refractivity contribution is 0.402. The van der Waals surface area contributed by atoms with Crippen LogP contribution in [0.2, 0.25) is 0 Å². The van der Waals surface area contributed by atoms with Gasteiger partial charge in [-0.15, -0.1) is 0 Å². The summed E-state index contributed by atoms with van der Waals surface area (Å²) >= 11 is 3.29. The molecule has 0 atom stereocenters. The number of hydrogen-bond donors (Lipinski definition) is 2. The van der Waals surface area contributed by atoms with Crippen LogP contribution >= 0.6 is 15.9 Å². The molecular weight excluding hydrogens is 392 g/mol. The molecule has 0 amide bonds. The lowest BCUT2D eigenvalue weighted by atomic mass is 10.1. The molecule has 3 aromatic rings. The summed E-state index contributed by atoms with van der Waals surface area (Å²) < 4.78 is 33.5. The van der Waals surface area contributed by atoms with Crippen LogP contribution in [0, 0.1) is 0 Å². The van der Waals surface area contributed by atoms with Crippen molar-refractivity contribution in [3.8, 4) is 5.75 Å². The topological polar surface area (TPSA) is 71.2 Å². The highest BCUT2D eigenvalue weighted by molar-refractivity contribution is 9.10. The van der Waals surface area contributed by atoms with E-state index in [9.17, 15) is 8.42 Å². The van der Waals surface area contributed by atoms with Gasteiger partial charge >= 0.3 is 0 Å². The van der Waals surface area contributed by atoms with Crippen molar-refractivity contribution < 1.29 is 13.2 Å². The summed E-state index contributed by atoms with van der Waals surface area (Å²) in [5.41, 5.74) is 2.12. The maximum atomic E-state index is 12.5. The zero-order chi connectivity index (χ0) is 17.2.